The lowest BCUT2D eigenvalue weighted by Crippen LogP contribution is -2.30. The Kier molecular flexibility index (Phi) is 61.7. The van der Waals surface area contributed by atoms with Crippen LogP contribution in [0.4, 0.5) is 0 Å². The lowest BCUT2D eigenvalue weighted by atomic mass is 10.0. The van der Waals surface area contributed by atoms with Crippen LogP contribution in [0.15, 0.2) is 72.9 Å². The fourth-order valence-electron chi connectivity index (χ4n) is 9.53. The van der Waals surface area contributed by atoms with Gasteiger partial charge in [0.05, 0.1) is 0 Å². The Morgan fingerprint density at radius 1 is 0.276 bits per heavy atom. The second kappa shape index (κ2) is 64.4. The van der Waals surface area contributed by atoms with Crippen molar-refractivity contribution in [1.29, 1.82) is 0 Å². The highest BCUT2D eigenvalue weighted by atomic mass is 16.6. The van der Waals surface area contributed by atoms with Gasteiger partial charge in [-0.25, -0.2) is 0 Å². The van der Waals surface area contributed by atoms with Crippen molar-refractivity contribution in [2.45, 2.75) is 341 Å². The largest absolute Gasteiger partial charge is 0.462 e. The molecule has 6 nitrogen and oxygen atoms in total. The molecule has 0 radical (unpaired) electrons. The van der Waals surface area contributed by atoms with E-state index in [9.17, 15) is 14.4 Å². The fraction of sp³-hybridized carbons (Fsp3) is 0.786. The lowest BCUT2D eigenvalue weighted by molar-refractivity contribution is -0.167. The number of rotatable bonds is 60. The summed E-state index contributed by atoms with van der Waals surface area (Å²) in [7, 11) is 0. The summed E-state index contributed by atoms with van der Waals surface area (Å²) in [5, 5.41) is 0. The Morgan fingerprint density at radius 2 is 0.513 bits per heavy atom. The maximum Gasteiger partial charge on any atom is 0.306 e. The summed E-state index contributed by atoms with van der Waals surface area (Å²) in [6.45, 7) is 6.54. The van der Waals surface area contributed by atoms with Crippen molar-refractivity contribution >= 4 is 17.9 Å². The van der Waals surface area contributed by atoms with Gasteiger partial charge in [0.2, 0.25) is 0 Å². The molecular weight excluding hydrogens is 937 g/mol. The average molecular weight is 1060 g/mol. The van der Waals surface area contributed by atoms with Gasteiger partial charge in [-0.3, -0.25) is 14.4 Å². The van der Waals surface area contributed by atoms with Gasteiger partial charge >= 0.3 is 17.9 Å². The van der Waals surface area contributed by atoms with Crippen molar-refractivity contribution < 1.29 is 28.6 Å². The van der Waals surface area contributed by atoms with E-state index in [0.717, 1.165) is 96.3 Å². The van der Waals surface area contributed by atoms with Crippen molar-refractivity contribution in [3.8, 4) is 0 Å². The second-order valence-electron chi connectivity index (χ2n) is 22.0. The normalized spacial score (nSPS) is 12.5. The Bertz CT molecular complexity index is 1400. The number of hydrogen-bond donors (Lipinski definition) is 0. The molecular formula is C70H124O6. The van der Waals surface area contributed by atoms with Crippen LogP contribution in [-0.4, -0.2) is 37.2 Å². The van der Waals surface area contributed by atoms with E-state index in [1.165, 1.54) is 199 Å². The van der Waals surface area contributed by atoms with Crippen LogP contribution in [0.3, 0.4) is 0 Å². The van der Waals surface area contributed by atoms with E-state index in [-0.39, 0.29) is 31.1 Å². The first-order chi connectivity index (χ1) is 37.5. The highest BCUT2D eigenvalue weighted by Crippen LogP contribution is 2.17. The monoisotopic (exact) mass is 1060 g/mol. The van der Waals surface area contributed by atoms with E-state index in [4.69, 9.17) is 14.2 Å². The van der Waals surface area contributed by atoms with Crippen molar-refractivity contribution in [3.63, 3.8) is 0 Å². The van der Waals surface area contributed by atoms with Crippen LogP contribution >= 0.6 is 0 Å². The van der Waals surface area contributed by atoms with Crippen molar-refractivity contribution in [3.05, 3.63) is 72.9 Å². The predicted molar refractivity (Wildman–Crippen MR) is 330 cm³/mol. The molecule has 0 bridgehead atoms. The molecule has 1 atom stereocenters. The Morgan fingerprint density at radius 3 is 0.829 bits per heavy atom. The van der Waals surface area contributed by atoms with Crippen LogP contribution in [0.25, 0.3) is 0 Å². The van der Waals surface area contributed by atoms with Gasteiger partial charge in [-0.2, -0.15) is 0 Å². The molecule has 6 heteroatoms. The van der Waals surface area contributed by atoms with Gasteiger partial charge in [0.25, 0.3) is 0 Å². The van der Waals surface area contributed by atoms with Crippen LogP contribution in [0.1, 0.15) is 335 Å². The molecule has 0 saturated carbocycles. The molecule has 0 aromatic heterocycles. The van der Waals surface area contributed by atoms with Crippen molar-refractivity contribution in [2.24, 2.45) is 0 Å². The molecule has 0 aliphatic heterocycles. The first-order valence-corrected chi connectivity index (χ1v) is 32.9. The van der Waals surface area contributed by atoms with E-state index >= 15 is 0 Å². The SMILES string of the molecule is CC/C=C\C/C=C\C/C=C\C/C=C\C/C=C\CCCCCCCCCCCCCCCCCC(=O)OCC(COC(=O)CCCCCCC/C=C\CCCCCC)OC(=O)CCCCCCCCCCCCCCCC. The van der Waals surface area contributed by atoms with Crippen LogP contribution in [0.2, 0.25) is 0 Å². The Balaban J connectivity index is 4.16. The van der Waals surface area contributed by atoms with E-state index in [0.29, 0.717) is 19.3 Å². The number of esters is 3. The highest BCUT2D eigenvalue weighted by molar-refractivity contribution is 5.71. The Hall–Kier alpha value is -3.15. The third-order valence-corrected chi connectivity index (χ3v) is 14.4. The van der Waals surface area contributed by atoms with Crippen LogP contribution in [0, 0.1) is 0 Å². The molecule has 0 aliphatic rings. The molecule has 0 rings (SSSR count). The highest BCUT2D eigenvalue weighted by Gasteiger charge is 2.19. The third kappa shape index (κ3) is 61.7. The molecule has 0 fully saturated rings. The standard InChI is InChI=1S/C70H124O6/c1-4-7-10-13-16-19-22-25-27-28-29-30-31-32-33-34-35-36-37-38-39-40-41-42-43-46-48-51-54-57-60-63-69(72)75-66-67(65-74-68(71)62-59-56-53-50-47-44-24-21-18-15-12-9-6-3)76-70(73)64-61-58-55-52-49-45-26-23-20-17-14-11-8-5-2/h7,10,16,19,21,24-25,27,29-30,32-33,67H,4-6,8-9,11-15,17-18,20,22-23,26,28,31,34-66H2,1-3H3/b10-7-,19-16-,24-21-,27-25-,30-29-,33-32-. The molecule has 76 heavy (non-hydrogen) atoms. The Labute approximate surface area is 472 Å². The van der Waals surface area contributed by atoms with E-state index in [1.54, 1.807) is 0 Å². The minimum absolute atomic E-state index is 0.0732. The molecule has 0 aliphatic carbocycles. The van der Waals surface area contributed by atoms with Gasteiger partial charge in [0.1, 0.15) is 13.2 Å². The van der Waals surface area contributed by atoms with Gasteiger partial charge in [-0.05, 0) is 89.9 Å². The maximum atomic E-state index is 12.9. The number of hydrogen-bond acceptors (Lipinski definition) is 6. The summed E-state index contributed by atoms with van der Waals surface area (Å²) in [5.41, 5.74) is 0. The zero-order chi connectivity index (χ0) is 55.0. The van der Waals surface area contributed by atoms with Crippen LogP contribution < -0.4 is 0 Å². The average Bonchev–Trinajstić information content (AvgIpc) is 3.42. The summed E-state index contributed by atoms with van der Waals surface area (Å²) in [6, 6.07) is 0. The van der Waals surface area contributed by atoms with Crippen LogP contribution in [-0.2, 0) is 28.6 Å². The first-order valence-electron chi connectivity index (χ1n) is 32.9. The van der Waals surface area contributed by atoms with Crippen molar-refractivity contribution in [2.75, 3.05) is 13.2 Å². The zero-order valence-corrected chi connectivity index (χ0v) is 50.5. The summed E-state index contributed by atoms with van der Waals surface area (Å²) in [4.78, 5) is 38.3. The smallest absolute Gasteiger partial charge is 0.306 e. The van der Waals surface area contributed by atoms with Crippen LogP contribution in [0.5, 0.6) is 0 Å². The molecule has 0 saturated heterocycles. The zero-order valence-electron chi connectivity index (χ0n) is 50.5. The first kappa shape index (κ1) is 72.8. The number of carbonyl (C=O) groups excluding carboxylic acids is 3. The number of ether oxygens (including phenoxy) is 3. The minimum atomic E-state index is -0.775. The van der Waals surface area contributed by atoms with Crippen molar-refractivity contribution in [1.82, 2.24) is 0 Å². The lowest BCUT2D eigenvalue weighted by Gasteiger charge is -2.18. The van der Waals surface area contributed by atoms with Gasteiger partial charge in [0, 0.05) is 19.3 Å². The fourth-order valence-corrected chi connectivity index (χ4v) is 9.53. The maximum absolute atomic E-state index is 12.9. The molecule has 440 valence electrons. The number of carbonyl (C=O) groups is 3. The number of unbranched alkanes of at least 4 members (excludes halogenated alkanes) is 37. The predicted octanol–water partition coefficient (Wildman–Crippen LogP) is 22.5. The topological polar surface area (TPSA) is 78.9 Å². The van der Waals surface area contributed by atoms with E-state index in [2.05, 4.69) is 93.7 Å². The molecule has 0 spiro atoms. The second-order valence-corrected chi connectivity index (χ2v) is 22.0. The van der Waals surface area contributed by atoms with Gasteiger partial charge in [0.15, 0.2) is 6.10 Å². The molecule has 1 unspecified atom stereocenters. The summed E-state index contributed by atoms with van der Waals surface area (Å²) >= 11 is 0. The van der Waals surface area contributed by atoms with E-state index in [1.807, 2.05) is 0 Å². The summed E-state index contributed by atoms with van der Waals surface area (Å²) < 4.78 is 16.9. The molecule has 0 heterocycles. The molecule has 0 amide bonds. The molecule has 0 aromatic carbocycles. The summed E-state index contributed by atoms with van der Waals surface area (Å²) in [5.74, 6) is -0.864. The number of allylic oxidation sites excluding steroid dienone is 12. The van der Waals surface area contributed by atoms with E-state index < -0.39 is 6.10 Å². The quantitative estimate of drug-likeness (QED) is 0.0261. The minimum Gasteiger partial charge on any atom is -0.462 e. The molecule has 0 N–H and O–H groups in total. The van der Waals surface area contributed by atoms with Gasteiger partial charge in [-0.1, -0.05) is 299 Å². The molecule has 0 aromatic rings. The summed E-state index contributed by atoms with van der Waals surface area (Å²) in [6.07, 6.45) is 83.5. The van der Waals surface area contributed by atoms with Gasteiger partial charge < -0.3 is 14.2 Å². The third-order valence-electron chi connectivity index (χ3n) is 14.4. The van der Waals surface area contributed by atoms with Gasteiger partial charge in [-0.15, -0.1) is 0 Å².